The van der Waals surface area contributed by atoms with E-state index in [1.807, 2.05) is 6.92 Å². The summed E-state index contributed by atoms with van der Waals surface area (Å²) in [6.45, 7) is 2.01. The van der Waals surface area contributed by atoms with E-state index in [1.165, 1.54) is 0 Å². The molecule has 0 radical (unpaired) electrons. The molecule has 0 amide bonds. The highest BCUT2D eigenvalue weighted by molar-refractivity contribution is 7.86. The van der Waals surface area contributed by atoms with Crippen LogP contribution in [0.3, 0.4) is 0 Å². The van der Waals surface area contributed by atoms with Crippen LogP contribution in [0.15, 0.2) is 0 Å². The molecular formula is C10H19F3O3S. The van der Waals surface area contributed by atoms with Gasteiger partial charge in [0.05, 0.1) is 6.26 Å². The first-order chi connectivity index (χ1) is 7.67. The lowest BCUT2D eigenvalue weighted by Gasteiger charge is -2.19. The van der Waals surface area contributed by atoms with Crippen molar-refractivity contribution in [3.63, 3.8) is 0 Å². The van der Waals surface area contributed by atoms with Gasteiger partial charge in [-0.15, -0.1) is 0 Å². The fraction of sp³-hybridized carbons (Fsp3) is 1.00. The molecule has 0 fully saturated rings. The molecule has 0 aliphatic carbocycles. The Labute approximate surface area is 100 Å². The predicted molar refractivity (Wildman–Crippen MR) is 59.1 cm³/mol. The van der Waals surface area contributed by atoms with Gasteiger partial charge in [0.15, 0.2) is 6.10 Å². The molecule has 0 heterocycles. The fourth-order valence-corrected chi connectivity index (χ4v) is 2.04. The number of unbranched alkanes of at least 4 members (excludes halogenated alkanes) is 4. The molecule has 0 rings (SSSR count). The zero-order valence-corrected chi connectivity index (χ0v) is 10.9. The summed E-state index contributed by atoms with van der Waals surface area (Å²) in [5.41, 5.74) is 0. The van der Waals surface area contributed by atoms with Crippen LogP contribution >= 0.6 is 0 Å². The van der Waals surface area contributed by atoms with Crippen molar-refractivity contribution in [3.05, 3.63) is 0 Å². The molecule has 0 aliphatic heterocycles. The summed E-state index contributed by atoms with van der Waals surface area (Å²) in [5.74, 6) is 0. The molecule has 0 aromatic heterocycles. The van der Waals surface area contributed by atoms with E-state index in [0.717, 1.165) is 19.3 Å². The normalized spacial score (nSPS) is 14.9. The first-order valence-electron chi connectivity index (χ1n) is 5.61. The Kier molecular flexibility index (Phi) is 7.08. The SMILES string of the molecule is CCCCCCCC(OS(C)(=O)=O)C(F)(F)F. The van der Waals surface area contributed by atoms with E-state index in [9.17, 15) is 21.6 Å². The van der Waals surface area contributed by atoms with Gasteiger partial charge in [0, 0.05) is 0 Å². The molecule has 7 heteroatoms. The van der Waals surface area contributed by atoms with Gasteiger partial charge >= 0.3 is 6.18 Å². The minimum absolute atomic E-state index is 0.305. The van der Waals surface area contributed by atoms with Crippen molar-refractivity contribution in [2.45, 2.75) is 57.7 Å². The zero-order chi connectivity index (χ0) is 13.5. The second-order valence-electron chi connectivity index (χ2n) is 4.03. The molecule has 1 unspecified atom stereocenters. The molecule has 0 aromatic carbocycles. The third-order valence-electron chi connectivity index (χ3n) is 2.23. The molecule has 0 saturated heterocycles. The van der Waals surface area contributed by atoms with Crippen molar-refractivity contribution in [2.75, 3.05) is 6.26 Å². The Morgan fingerprint density at radius 3 is 2.06 bits per heavy atom. The summed E-state index contributed by atoms with van der Waals surface area (Å²) in [7, 11) is -4.07. The van der Waals surface area contributed by atoms with Crippen LogP contribution < -0.4 is 0 Å². The molecule has 0 aliphatic rings. The standard InChI is InChI=1S/C10H19F3O3S/c1-3-4-5-6-7-8-9(10(11,12)13)16-17(2,14)15/h9H,3-8H2,1-2H3. The van der Waals surface area contributed by atoms with Crippen molar-refractivity contribution in [2.24, 2.45) is 0 Å². The molecule has 0 aromatic rings. The minimum Gasteiger partial charge on any atom is -0.257 e. The number of hydrogen-bond acceptors (Lipinski definition) is 3. The first-order valence-corrected chi connectivity index (χ1v) is 7.43. The monoisotopic (exact) mass is 276 g/mol. The molecule has 17 heavy (non-hydrogen) atoms. The molecular weight excluding hydrogens is 257 g/mol. The highest BCUT2D eigenvalue weighted by atomic mass is 32.2. The smallest absolute Gasteiger partial charge is 0.257 e. The third kappa shape index (κ3) is 9.41. The van der Waals surface area contributed by atoms with E-state index in [1.54, 1.807) is 0 Å². The summed E-state index contributed by atoms with van der Waals surface area (Å²) in [6.07, 6.45) is -2.70. The number of halogens is 3. The lowest BCUT2D eigenvalue weighted by molar-refractivity contribution is -0.195. The average Bonchev–Trinajstić information content (AvgIpc) is 2.12. The number of alkyl halides is 3. The second kappa shape index (κ2) is 7.20. The number of rotatable bonds is 8. The zero-order valence-electron chi connectivity index (χ0n) is 10.1. The Morgan fingerprint density at radius 2 is 1.65 bits per heavy atom. The van der Waals surface area contributed by atoms with Crippen molar-refractivity contribution >= 4 is 10.1 Å². The van der Waals surface area contributed by atoms with Crippen LogP contribution in [0.5, 0.6) is 0 Å². The van der Waals surface area contributed by atoms with E-state index in [4.69, 9.17) is 0 Å². The van der Waals surface area contributed by atoms with Crippen LogP contribution in [0.2, 0.25) is 0 Å². The molecule has 3 nitrogen and oxygen atoms in total. The van der Waals surface area contributed by atoms with Gasteiger partial charge in [-0.25, -0.2) is 0 Å². The van der Waals surface area contributed by atoms with Gasteiger partial charge < -0.3 is 0 Å². The van der Waals surface area contributed by atoms with Gasteiger partial charge in [-0.2, -0.15) is 21.6 Å². The van der Waals surface area contributed by atoms with Crippen molar-refractivity contribution in [1.82, 2.24) is 0 Å². The summed E-state index contributed by atoms with van der Waals surface area (Å²) in [6, 6.07) is 0. The molecule has 0 spiro atoms. The predicted octanol–water partition coefficient (Wildman–Crippen LogP) is 3.25. The summed E-state index contributed by atoms with van der Waals surface area (Å²) < 4.78 is 62.8. The maximum Gasteiger partial charge on any atom is 0.416 e. The Hall–Kier alpha value is -0.300. The van der Waals surface area contributed by atoms with Gasteiger partial charge in [-0.05, 0) is 6.42 Å². The van der Waals surface area contributed by atoms with Gasteiger partial charge in [0.25, 0.3) is 10.1 Å². The summed E-state index contributed by atoms with van der Waals surface area (Å²) in [5, 5.41) is 0. The lowest BCUT2D eigenvalue weighted by atomic mass is 10.1. The average molecular weight is 276 g/mol. The van der Waals surface area contributed by atoms with E-state index in [-0.39, 0.29) is 6.42 Å². The summed E-state index contributed by atoms with van der Waals surface area (Å²) >= 11 is 0. The Balaban J connectivity index is 4.14. The van der Waals surface area contributed by atoms with E-state index >= 15 is 0 Å². The second-order valence-corrected chi connectivity index (χ2v) is 5.63. The highest BCUT2D eigenvalue weighted by Crippen LogP contribution is 2.28. The van der Waals surface area contributed by atoms with Gasteiger partial charge in [0.2, 0.25) is 0 Å². The van der Waals surface area contributed by atoms with Crippen LogP contribution in [-0.2, 0) is 14.3 Å². The molecule has 0 N–H and O–H groups in total. The lowest BCUT2D eigenvalue weighted by Crippen LogP contribution is -2.33. The van der Waals surface area contributed by atoms with Gasteiger partial charge in [-0.3, -0.25) is 4.18 Å². The fourth-order valence-electron chi connectivity index (χ4n) is 1.41. The van der Waals surface area contributed by atoms with Crippen molar-refractivity contribution < 1.29 is 25.8 Å². The van der Waals surface area contributed by atoms with E-state index in [2.05, 4.69) is 4.18 Å². The van der Waals surface area contributed by atoms with Crippen LogP contribution in [0.1, 0.15) is 45.4 Å². The Bertz CT molecular complexity index is 298. The van der Waals surface area contributed by atoms with Crippen molar-refractivity contribution in [1.29, 1.82) is 0 Å². The topological polar surface area (TPSA) is 43.4 Å². The van der Waals surface area contributed by atoms with E-state index < -0.39 is 22.4 Å². The quantitative estimate of drug-likeness (QED) is 0.505. The maximum absolute atomic E-state index is 12.4. The molecule has 0 bridgehead atoms. The largest absolute Gasteiger partial charge is 0.416 e. The highest BCUT2D eigenvalue weighted by Gasteiger charge is 2.42. The third-order valence-corrected chi connectivity index (χ3v) is 2.81. The van der Waals surface area contributed by atoms with E-state index in [0.29, 0.717) is 19.1 Å². The van der Waals surface area contributed by atoms with Crippen LogP contribution in [-0.4, -0.2) is 27.0 Å². The molecule has 0 saturated carbocycles. The molecule has 104 valence electrons. The van der Waals surface area contributed by atoms with Crippen molar-refractivity contribution in [3.8, 4) is 0 Å². The van der Waals surface area contributed by atoms with Crippen LogP contribution in [0.25, 0.3) is 0 Å². The first kappa shape index (κ1) is 16.7. The maximum atomic E-state index is 12.4. The summed E-state index contributed by atoms with van der Waals surface area (Å²) in [4.78, 5) is 0. The molecule has 1 atom stereocenters. The number of hydrogen-bond donors (Lipinski definition) is 0. The minimum atomic E-state index is -4.63. The van der Waals surface area contributed by atoms with Crippen LogP contribution in [0, 0.1) is 0 Å². The Morgan fingerprint density at radius 1 is 1.12 bits per heavy atom. The van der Waals surface area contributed by atoms with Gasteiger partial charge in [0.1, 0.15) is 0 Å². The van der Waals surface area contributed by atoms with Crippen LogP contribution in [0.4, 0.5) is 13.2 Å². The van der Waals surface area contributed by atoms with Gasteiger partial charge in [-0.1, -0.05) is 39.0 Å².